The van der Waals surface area contributed by atoms with E-state index in [4.69, 9.17) is 0 Å². The highest BCUT2D eigenvalue weighted by atomic mass is 35.5. The summed E-state index contributed by atoms with van der Waals surface area (Å²) in [6.45, 7) is 7.65. The molecule has 2 atom stereocenters. The Bertz CT molecular complexity index is 943. The van der Waals surface area contributed by atoms with Crippen molar-refractivity contribution < 1.29 is 0 Å². The van der Waals surface area contributed by atoms with E-state index in [1.54, 1.807) is 0 Å². The lowest BCUT2D eigenvalue weighted by atomic mass is 10.1. The van der Waals surface area contributed by atoms with Gasteiger partial charge in [0.1, 0.15) is 5.69 Å². The van der Waals surface area contributed by atoms with Crippen LogP contribution in [0.3, 0.4) is 0 Å². The van der Waals surface area contributed by atoms with Gasteiger partial charge >= 0.3 is 0 Å². The van der Waals surface area contributed by atoms with Gasteiger partial charge in [0.2, 0.25) is 0 Å². The molecule has 5 rings (SSSR count). The Morgan fingerprint density at radius 2 is 1.63 bits per heavy atom. The predicted octanol–water partition coefficient (Wildman–Crippen LogP) is 4.06. The topological polar surface area (TPSA) is 37.2 Å². The smallest absolute Gasteiger partial charge is 0.116 e. The van der Waals surface area contributed by atoms with Crippen molar-refractivity contribution in [2.24, 2.45) is 0 Å². The van der Waals surface area contributed by atoms with Gasteiger partial charge in [-0.25, -0.2) is 4.68 Å². The van der Waals surface area contributed by atoms with E-state index in [0.29, 0.717) is 12.1 Å². The molecule has 0 amide bonds. The lowest BCUT2D eigenvalue weighted by Gasteiger charge is -2.29. The van der Waals surface area contributed by atoms with E-state index in [-0.39, 0.29) is 12.4 Å². The number of benzene rings is 2. The van der Waals surface area contributed by atoms with Crippen LogP contribution in [0.5, 0.6) is 0 Å². The van der Waals surface area contributed by atoms with Gasteiger partial charge in [0, 0.05) is 44.2 Å². The first-order chi connectivity index (χ1) is 14.3. The van der Waals surface area contributed by atoms with E-state index >= 15 is 0 Å². The zero-order valence-electron chi connectivity index (χ0n) is 17.5. The van der Waals surface area contributed by atoms with Gasteiger partial charge in [0.05, 0.1) is 11.7 Å². The molecular weight excluding hydrogens is 394 g/mol. The van der Waals surface area contributed by atoms with Crippen molar-refractivity contribution in [3.8, 4) is 11.3 Å². The Morgan fingerprint density at radius 3 is 2.37 bits per heavy atom. The third-order valence-electron chi connectivity index (χ3n) is 6.35. The molecule has 0 spiro atoms. The average Bonchev–Trinajstić information content (AvgIpc) is 3.33. The fourth-order valence-electron chi connectivity index (χ4n) is 5.03. The Balaban J connectivity index is 0.00000218. The van der Waals surface area contributed by atoms with Crippen molar-refractivity contribution in [1.82, 2.24) is 24.8 Å². The standard InChI is InChI=1S/C24H29N5.ClH/c1-2-14-28-15-13-21-24(20-11-7-4-8-12-20)25-26-29(21)23-18-27(17-22(23)28)16-19-9-5-3-6-10-19;/h3-12,22-23H,2,13-18H2,1H3;1H/t22-,23+;/m0./s1. The molecule has 1 saturated heterocycles. The molecule has 1 aromatic heterocycles. The van der Waals surface area contributed by atoms with Gasteiger partial charge in [-0.1, -0.05) is 72.8 Å². The van der Waals surface area contributed by atoms with Crippen LogP contribution in [0.15, 0.2) is 60.7 Å². The van der Waals surface area contributed by atoms with Crippen molar-refractivity contribution in [3.63, 3.8) is 0 Å². The van der Waals surface area contributed by atoms with E-state index in [0.717, 1.165) is 44.8 Å². The summed E-state index contributed by atoms with van der Waals surface area (Å²) in [5.41, 5.74) is 4.92. The molecule has 1 fully saturated rings. The maximum atomic E-state index is 4.69. The van der Waals surface area contributed by atoms with E-state index in [1.807, 2.05) is 0 Å². The highest BCUT2D eigenvalue weighted by molar-refractivity contribution is 5.85. The van der Waals surface area contributed by atoms with E-state index in [9.17, 15) is 0 Å². The fourth-order valence-corrected chi connectivity index (χ4v) is 5.03. The number of likely N-dealkylation sites (tertiary alicyclic amines) is 1. The van der Waals surface area contributed by atoms with E-state index < -0.39 is 0 Å². The van der Waals surface area contributed by atoms with Crippen molar-refractivity contribution >= 4 is 12.4 Å². The highest BCUT2D eigenvalue weighted by Crippen LogP contribution is 2.34. The third kappa shape index (κ3) is 4.02. The van der Waals surface area contributed by atoms with Gasteiger partial charge in [-0.15, -0.1) is 17.5 Å². The second-order valence-corrected chi connectivity index (χ2v) is 8.30. The molecule has 5 nitrogen and oxygen atoms in total. The zero-order valence-corrected chi connectivity index (χ0v) is 18.3. The first kappa shape index (κ1) is 21.0. The Hall–Kier alpha value is -2.21. The van der Waals surface area contributed by atoms with Crippen LogP contribution in [0.2, 0.25) is 0 Å². The van der Waals surface area contributed by atoms with E-state index in [2.05, 4.69) is 92.4 Å². The number of rotatable bonds is 5. The Labute approximate surface area is 185 Å². The molecule has 2 aliphatic rings. The van der Waals surface area contributed by atoms with Crippen LogP contribution >= 0.6 is 12.4 Å². The number of hydrogen-bond acceptors (Lipinski definition) is 4. The maximum absolute atomic E-state index is 4.69. The van der Waals surface area contributed by atoms with Crippen molar-refractivity contribution in [3.05, 3.63) is 71.9 Å². The molecule has 0 saturated carbocycles. The molecule has 3 heterocycles. The average molecular weight is 424 g/mol. The summed E-state index contributed by atoms with van der Waals surface area (Å²) < 4.78 is 2.26. The highest BCUT2D eigenvalue weighted by Gasteiger charge is 2.41. The van der Waals surface area contributed by atoms with Crippen LogP contribution in [0.4, 0.5) is 0 Å². The first-order valence-corrected chi connectivity index (χ1v) is 10.8. The Kier molecular flexibility index (Phi) is 6.52. The number of aromatic nitrogens is 3. The molecule has 0 unspecified atom stereocenters. The largest absolute Gasteiger partial charge is 0.297 e. The van der Waals surface area contributed by atoms with Gasteiger partial charge in [-0.3, -0.25) is 9.80 Å². The van der Waals surface area contributed by atoms with Gasteiger partial charge in [0.25, 0.3) is 0 Å². The quantitative estimate of drug-likeness (QED) is 0.620. The predicted molar refractivity (Wildman–Crippen MR) is 123 cm³/mol. The number of halogens is 1. The normalized spacial score (nSPS) is 21.5. The summed E-state index contributed by atoms with van der Waals surface area (Å²) in [5, 5.41) is 9.31. The summed E-state index contributed by atoms with van der Waals surface area (Å²) in [4.78, 5) is 5.28. The lowest BCUT2D eigenvalue weighted by molar-refractivity contribution is 0.177. The van der Waals surface area contributed by atoms with Crippen molar-refractivity contribution in [2.45, 2.75) is 38.4 Å². The summed E-state index contributed by atoms with van der Waals surface area (Å²) in [6, 6.07) is 22.2. The van der Waals surface area contributed by atoms with Crippen LogP contribution in [0, 0.1) is 0 Å². The minimum absolute atomic E-state index is 0. The molecule has 0 radical (unpaired) electrons. The molecule has 0 aliphatic carbocycles. The molecule has 158 valence electrons. The van der Waals surface area contributed by atoms with Gasteiger partial charge in [-0.05, 0) is 18.5 Å². The van der Waals surface area contributed by atoms with Gasteiger partial charge in [-0.2, -0.15) is 0 Å². The second kappa shape index (κ2) is 9.29. The van der Waals surface area contributed by atoms with Crippen molar-refractivity contribution in [2.75, 3.05) is 26.2 Å². The minimum atomic E-state index is 0. The summed E-state index contributed by atoms with van der Waals surface area (Å²) in [6.07, 6.45) is 2.21. The fraction of sp³-hybridized carbons (Fsp3) is 0.417. The molecule has 2 aliphatic heterocycles. The Morgan fingerprint density at radius 1 is 0.933 bits per heavy atom. The molecule has 6 heteroatoms. The third-order valence-corrected chi connectivity index (χ3v) is 6.35. The molecule has 30 heavy (non-hydrogen) atoms. The molecule has 3 aromatic rings. The van der Waals surface area contributed by atoms with Gasteiger partial charge in [0.15, 0.2) is 0 Å². The second-order valence-electron chi connectivity index (χ2n) is 8.30. The van der Waals surface area contributed by atoms with Crippen LogP contribution < -0.4 is 0 Å². The number of hydrogen-bond donors (Lipinski definition) is 0. The minimum Gasteiger partial charge on any atom is -0.297 e. The summed E-state index contributed by atoms with van der Waals surface area (Å²) >= 11 is 0. The van der Waals surface area contributed by atoms with E-state index in [1.165, 1.54) is 23.2 Å². The first-order valence-electron chi connectivity index (χ1n) is 10.8. The number of nitrogens with zero attached hydrogens (tertiary/aromatic N) is 5. The zero-order chi connectivity index (χ0) is 19.6. The summed E-state index contributed by atoms with van der Waals surface area (Å²) in [5.74, 6) is 0. The number of fused-ring (bicyclic) bond motifs is 3. The van der Waals surface area contributed by atoms with Crippen LogP contribution in [0.1, 0.15) is 30.6 Å². The SMILES string of the molecule is CCCN1CCc2c(-c3ccccc3)nnn2[C@@H]2CN(Cc3ccccc3)C[C@@H]21.Cl. The molecule has 0 N–H and O–H groups in total. The molecule has 2 aromatic carbocycles. The maximum Gasteiger partial charge on any atom is 0.116 e. The van der Waals surface area contributed by atoms with Crippen LogP contribution in [0.25, 0.3) is 11.3 Å². The van der Waals surface area contributed by atoms with Crippen molar-refractivity contribution in [1.29, 1.82) is 0 Å². The molecular formula is C24H30ClN5. The van der Waals surface area contributed by atoms with Crippen LogP contribution in [-0.2, 0) is 13.0 Å². The summed E-state index contributed by atoms with van der Waals surface area (Å²) in [7, 11) is 0. The molecule has 0 bridgehead atoms. The van der Waals surface area contributed by atoms with Crippen LogP contribution in [-0.4, -0.2) is 57.0 Å². The van der Waals surface area contributed by atoms with Gasteiger partial charge < -0.3 is 0 Å². The monoisotopic (exact) mass is 423 g/mol. The lowest BCUT2D eigenvalue weighted by Crippen LogP contribution is -2.41.